The Labute approximate surface area is 143 Å². The summed E-state index contributed by atoms with van der Waals surface area (Å²) in [5.74, 6) is 0.180. The minimum Gasteiger partial charge on any atom is -0.378 e. The molecule has 2 aliphatic rings. The maximum Gasteiger partial charge on any atom is 0.253 e. The molecule has 1 saturated carbocycles. The van der Waals surface area contributed by atoms with Gasteiger partial charge in [-0.1, -0.05) is 0 Å². The second kappa shape index (κ2) is 7.21. The summed E-state index contributed by atoms with van der Waals surface area (Å²) in [4.78, 5) is 30.4. The van der Waals surface area contributed by atoms with Crippen molar-refractivity contribution < 1.29 is 9.59 Å². The smallest absolute Gasteiger partial charge is 0.253 e. The number of hydrogen-bond donors (Lipinski definition) is 1. The fourth-order valence-corrected chi connectivity index (χ4v) is 2.90. The van der Waals surface area contributed by atoms with Crippen LogP contribution in [0.15, 0.2) is 24.3 Å². The number of benzene rings is 1. The lowest BCUT2D eigenvalue weighted by molar-refractivity contribution is -0.122. The van der Waals surface area contributed by atoms with Crippen LogP contribution < -0.4 is 10.2 Å². The first-order valence-electron chi connectivity index (χ1n) is 8.61. The van der Waals surface area contributed by atoms with Crippen molar-refractivity contribution >= 4 is 17.5 Å². The van der Waals surface area contributed by atoms with E-state index in [4.69, 9.17) is 0 Å². The van der Waals surface area contributed by atoms with Crippen LogP contribution in [0.4, 0.5) is 5.69 Å². The molecule has 1 aromatic rings. The predicted molar refractivity (Wildman–Crippen MR) is 94.3 cm³/mol. The molecular weight excluding hydrogens is 304 g/mol. The molecule has 0 radical (unpaired) electrons. The fraction of sp³-hybridized carbons (Fsp3) is 0.556. The van der Waals surface area contributed by atoms with E-state index in [1.165, 1.54) is 0 Å². The molecule has 0 aromatic heterocycles. The van der Waals surface area contributed by atoms with E-state index >= 15 is 0 Å². The average Bonchev–Trinajstić information content (AvgIpc) is 3.39. The van der Waals surface area contributed by atoms with E-state index < -0.39 is 0 Å². The Morgan fingerprint density at radius 3 is 2.25 bits per heavy atom. The SMILES string of the molecule is CN(C)c1ccc(C(=O)N2CCN(CC(=O)NC3CC3)CC2)cc1. The number of hydrogen-bond acceptors (Lipinski definition) is 4. The van der Waals surface area contributed by atoms with Crippen LogP contribution in [0.3, 0.4) is 0 Å². The third-order valence-corrected chi connectivity index (χ3v) is 4.60. The molecule has 3 rings (SSSR count). The molecule has 2 amide bonds. The van der Waals surface area contributed by atoms with Crippen molar-refractivity contribution in [3.8, 4) is 0 Å². The van der Waals surface area contributed by atoms with E-state index in [0.717, 1.165) is 37.2 Å². The Bertz CT molecular complexity index is 588. The zero-order valence-electron chi connectivity index (χ0n) is 14.5. The molecule has 0 atom stereocenters. The molecular formula is C18H26N4O2. The van der Waals surface area contributed by atoms with Crippen molar-refractivity contribution in [3.63, 3.8) is 0 Å². The molecule has 1 N–H and O–H groups in total. The van der Waals surface area contributed by atoms with Crippen molar-refractivity contribution in [2.75, 3.05) is 51.7 Å². The van der Waals surface area contributed by atoms with Gasteiger partial charge < -0.3 is 15.1 Å². The first-order chi connectivity index (χ1) is 11.5. The van der Waals surface area contributed by atoms with Gasteiger partial charge in [-0.15, -0.1) is 0 Å². The van der Waals surface area contributed by atoms with Crippen LogP contribution in [0.2, 0.25) is 0 Å². The van der Waals surface area contributed by atoms with Crippen molar-refractivity contribution in [2.45, 2.75) is 18.9 Å². The zero-order valence-corrected chi connectivity index (χ0v) is 14.5. The molecule has 6 heteroatoms. The maximum absolute atomic E-state index is 12.6. The number of nitrogens with one attached hydrogen (secondary N) is 1. The van der Waals surface area contributed by atoms with E-state index in [1.54, 1.807) is 0 Å². The lowest BCUT2D eigenvalue weighted by Crippen LogP contribution is -2.51. The Balaban J connectivity index is 1.48. The van der Waals surface area contributed by atoms with Gasteiger partial charge in [0.25, 0.3) is 5.91 Å². The number of anilines is 1. The second-order valence-electron chi connectivity index (χ2n) is 6.85. The molecule has 0 spiro atoms. The quantitative estimate of drug-likeness (QED) is 0.867. The Kier molecular flexibility index (Phi) is 5.04. The molecule has 1 saturated heterocycles. The van der Waals surface area contributed by atoms with Crippen molar-refractivity contribution in [3.05, 3.63) is 29.8 Å². The summed E-state index contributed by atoms with van der Waals surface area (Å²) < 4.78 is 0. The van der Waals surface area contributed by atoms with Gasteiger partial charge in [-0.05, 0) is 37.1 Å². The zero-order chi connectivity index (χ0) is 17.1. The molecule has 1 aromatic carbocycles. The molecule has 0 bridgehead atoms. The summed E-state index contributed by atoms with van der Waals surface area (Å²) in [6.45, 7) is 3.28. The van der Waals surface area contributed by atoms with E-state index in [0.29, 0.717) is 25.7 Å². The highest BCUT2D eigenvalue weighted by Crippen LogP contribution is 2.18. The predicted octanol–water partition coefficient (Wildman–Crippen LogP) is 0.789. The Morgan fingerprint density at radius 2 is 1.71 bits per heavy atom. The second-order valence-corrected chi connectivity index (χ2v) is 6.85. The molecule has 24 heavy (non-hydrogen) atoms. The van der Waals surface area contributed by atoms with Gasteiger partial charge >= 0.3 is 0 Å². The van der Waals surface area contributed by atoms with Crippen LogP contribution in [0.25, 0.3) is 0 Å². The highest BCUT2D eigenvalue weighted by molar-refractivity contribution is 5.94. The van der Waals surface area contributed by atoms with E-state index in [9.17, 15) is 9.59 Å². The molecule has 2 fully saturated rings. The van der Waals surface area contributed by atoms with E-state index in [-0.39, 0.29) is 11.8 Å². The summed E-state index contributed by atoms with van der Waals surface area (Å²) in [5, 5.41) is 3.01. The molecule has 1 aliphatic carbocycles. The van der Waals surface area contributed by atoms with E-state index in [1.807, 2.05) is 48.2 Å². The van der Waals surface area contributed by atoms with Gasteiger partial charge in [0.15, 0.2) is 0 Å². The number of carbonyl (C=O) groups is 2. The normalized spacial score (nSPS) is 18.3. The minimum atomic E-state index is 0.0717. The Hall–Kier alpha value is -2.08. The van der Waals surface area contributed by atoms with Crippen molar-refractivity contribution in [1.29, 1.82) is 0 Å². The number of amides is 2. The monoisotopic (exact) mass is 330 g/mol. The average molecular weight is 330 g/mol. The van der Waals surface area contributed by atoms with Gasteiger partial charge in [0, 0.05) is 57.6 Å². The summed E-state index contributed by atoms with van der Waals surface area (Å²) in [6, 6.07) is 8.10. The molecule has 6 nitrogen and oxygen atoms in total. The molecule has 1 aliphatic heterocycles. The fourth-order valence-electron chi connectivity index (χ4n) is 2.90. The third kappa shape index (κ3) is 4.26. The molecule has 0 unspecified atom stereocenters. The third-order valence-electron chi connectivity index (χ3n) is 4.60. The lowest BCUT2D eigenvalue weighted by atomic mass is 10.1. The number of carbonyl (C=O) groups excluding carboxylic acids is 2. The van der Waals surface area contributed by atoms with Gasteiger partial charge in [-0.3, -0.25) is 14.5 Å². The van der Waals surface area contributed by atoms with Gasteiger partial charge in [0.2, 0.25) is 5.91 Å². The summed E-state index contributed by atoms with van der Waals surface area (Å²) >= 11 is 0. The topological polar surface area (TPSA) is 55.9 Å². The summed E-state index contributed by atoms with van der Waals surface area (Å²) in [7, 11) is 3.96. The van der Waals surface area contributed by atoms with Gasteiger partial charge in [0.05, 0.1) is 6.54 Å². The first kappa shape index (κ1) is 16.8. The number of piperazine rings is 1. The highest BCUT2D eigenvalue weighted by atomic mass is 16.2. The van der Waals surface area contributed by atoms with Crippen LogP contribution in [0, 0.1) is 0 Å². The minimum absolute atomic E-state index is 0.0717. The van der Waals surface area contributed by atoms with E-state index in [2.05, 4.69) is 10.2 Å². The largest absolute Gasteiger partial charge is 0.378 e. The summed E-state index contributed by atoms with van der Waals surface area (Å²) in [6.07, 6.45) is 2.22. The molecule has 130 valence electrons. The molecule has 1 heterocycles. The lowest BCUT2D eigenvalue weighted by Gasteiger charge is -2.34. The van der Waals surface area contributed by atoms with Crippen molar-refractivity contribution in [2.24, 2.45) is 0 Å². The summed E-state index contributed by atoms with van der Waals surface area (Å²) in [5.41, 5.74) is 1.80. The maximum atomic E-state index is 12.6. The Morgan fingerprint density at radius 1 is 1.08 bits per heavy atom. The van der Waals surface area contributed by atoms with Crippen molar-refractivity contribution in [1.82, 2.24) is 15.1 Å². The van der Waals surface area contributed by atoms with Crippen LogP contribution in [0.5, 0.6) is 0 Å². The van der Waals surface area contributed by atoms with Gasteiger partial charge in [-0.25, -0.2) is 0 Å². The highest BCUT2D eigenvalue weighted by Gasteiger charge is 2.26. The van der Waals surface area contributed by atoms with Crippen LogP contribution in [-0.4, -0.2) is 74.5 Å². The number of rotatable bonds is 5. The first-order valence-corrected chi connectivity index (χ1v) is 8.61. The van der Waals surface area contributed by atoms with Gasteiger partial charge in [0.1, 0.15) is 0 Å². The van der Waals surface area contributed by atoms with Crippen LogP contribution in [0.1, 0.15) is 23.2 Å². The van der Waals surface area contributed by atoms with Gasteiger partial charge in [-0.2, -0.15) is 0 Å². The standard InChI is InChI=1S/C18H26N4O2/c1-20(2)16-7-3-14(4-8-16)18(24)22-11-9-21(10-12-22)13-17(23)19-15-5-6-15/h3-4,7-8,15H,5-6,9-13H2,1-2H3,(H,19,23). The van der Waals surface area contributed by atoms with Crippen LogP contribution >= 0.6 is 0 Å². The number of nitrogens with zero attached hydrogens (tertiary/aromatic N) is 3. The van der Waals surface area contributed by atoms with Crippen LogP contribution in [-0.2, 0) is 4.79 Å².